The van der Waals surface area contributed by atoms with Crippen molar-refractivity contribution in [3.05, 3.63) is 71.5 Å². The molecule has 0 radical (unpaired) electrons. The predicted octanol–water partition coefficient (Wildman–Crippen LogP) is 5.37. The molecule has 3 heterocycles. The van der Waals surface area contributed by atoms with E-state index in [9.17, 15) is 13.2 Å². The van der Waals surface area contributed by atoms with Gasteiger partial charge in [-0.15, -0.1) is 0 Å². The number of rotatable bonds is 8. The molecule has 2 aromatic heterocycles. The van der Waals surface area contributed by atoms with Crippen LogP contribution < -0.4 is 4.90 Å². The first-order valence-corrected chi connectivity index (χ1v) is 15.7. The second-order valence-electron chi connectivity index (χ2n) is 10.5. The van der Waals surface area contributed by atoms with Crippen molar-refractivity contribution in [2.24, 2.45) is 5.92 Å². The molecular formula is C29H35N5O3S2. The van der Waals surface area contributed by atoms with Gasteiger partial charge in [-0.05, 0) is 62.4 Å². The van der Waals surface area contributed by atoms with Gasteiger partial charge in [0.2, 0.25) is 15.9 Å². The highest BCUT2D eigenvalue weighted by Gasteiger charge is 2.36. The summed E-state index contributed by atoms with van der Waals surface area (Å²) in [5, 5.41) is 5.23. The third-order valence-electron chi connectivity index (χ3n) is 7.31. The molecule has 0 spiro atoms. The van der Waals surface area contributed by atoms with E-state index in [1.807, 2.05) is 36.7 Å². The molecule has 1 amide bonds. The van der Waals surface area contributed by atoms with Crippen molar-refractivity contribution >= 4 is 42.6 Å². The summed E-state index contributed by atoms with van der Waals surface area (Å²) in [6.45, 7) is 9.74. The Morgan fingerprint density at radius 3 is 2.59 bits per heavy atom. The standard InChI is InChI=1S/C29H35N5O3S2/c1-20(2)25-13-8-14-26-27(25)30-29(38-26)33(16-17-34-22(4)18-21(3)31-34)28(35)23-10-9-15-32(19-23)39(36,37)24-11-6-5-7-12-24/h5-8,11-14,18,20,23H,9-10,15-17,19H2,1-4H3. The van der Waals surface area contributed by atoms with Crippen LogP contribution in [0.2, 0.25) is 0 Å². The van der Waals surface area contributed by atoms with Gasteiger partial charge in [0.05, 0.1) is 33.3 Å². The van der Waals surface area contributed by atoms with Crippen molar-refractivity contribution in [3.63, 3.8) is 0 Å². The van der Waals surface area contributed by atoms with Gasteiger partial charge in [-0.25, -0.2) is 13.4 Å². The molecule has 0 bridgehead atoms. The Bertz CT molecular complexity index is 1580. The number of thiazole rings is 1. The minimum atomic E-state index is -3.68. The van der Waals surface area contributed by atoms with Crippen LogP contribution >= 0.6 is 11.3 Å². The molecule has 1 saturated heterocycles. The molecule has 0 aliphatic carbocycles. The fourth-order valence-corrected chi connectivity index (χ4v) is 7.84. The number of sulfonamides is 1. The van der Waals surface area contributed by atoms with Crippen molar-refractivity contribution in [2.45, 2.75) is 57.9 Å². The maximum atomic E-state index is 14.2. The molecule has 2 aromatic carbocycles. The Hall–Kier alpha value is -3.08. The van der Waals surface area contributed by atoms with Gasteiger partial charge >= 0.3 is 0 Å². The van der Waals surface area contributed by atoms with Crippen molar-refractivity contribution in [3.8, 4) is 0 Å². The zero-order chi connectivity index (χ0) is 27.7. The number of hydrogen-bond donors (Lipinski definition) is 0. The van der Waals surface area contributed by atoms with E-state index >= 15 is 0 Å². The van der Waals surface area contributed by atoms with Crippen molar-refractivity contribution in [1.29, 1.82) is 0 Å². The molecular weight excluding hydrogens is 530 g/mol. The number of nitrogens with zero attached hydrogens (tertiary/aromatic N) is 5. The normalized spacial score (nSPS) is 16.7. The Morgan fingerprint density at radius 1 is 1.13 bits per heavy atom. The average Bonchev–Trinajstić information content (AvgIpc) is 3.50. The highest BCUT2D eigenvalue weighted by molar-refractivity contribution is 7.89. The topological polar surface area (TPSA) is 88.4 Å². The molecule has 1 aliphatic heterocycles. The van der Waals surface area contributed by atoms with Crippen LogP contribution in [-0.4, -0.2) is 53.0 Å². The largest absolute Gasteiger partial charge is 0.286 e. The highest BCUT2D eigenvalue weighted by atomic mass is 32.2. The SMILES string of the molecule is Cc1cc(C)n(CCN(C(=O)C2CCCN(S(=O)(=O)c3ccccc3)C2)c2nc3c(C(C)C)cccc3s2)n1. The summed E-state index contributed by atoms with van der Waals surface area (Å²) in [4.78, 5) is 21.1. The van der Waals surface area contributed by atoms with E-state index in [-0.39, 0.29) is 17.3 Å². The maximum absolute atomic E-state index is 14.2. The molecule has 1 atom stereocenters. The predicted molar refractivity (Wildman–Crippen MR) is 156 cm³/mol. The maximum Gasteiger partial charge on any atom is 0.243 e. The Labute approximate surface area is 234 Å². The molecule has 1 unspecified atom stereocenters. The van der Waals surface area contributed by atoms with E-state index in [0.29, 0.717) is 43.5 Å². The van der Waals surface area contributed by atoms with Gasteiger partial charge in [0.1, 0.15) is 0 Å². The van der Waals surface area contributed by atoms with Crippen molar-refractivity contribution in [2.75, 3.05) is 24.5 Å². The van der Waals surface area contributed by atoms with Crippen molar-refractivity contribution < 1.29 is 13.2 Å². The smallest absolute Gasteiger partial charge is 0.243 e. The van der Waals surface area contributed by atoms with Gasteiger partial charge in [0.15, 0.2) is 5.13 Å². The molecule has 39 heavy (non-hydrogen) atoms. The molecule has 8 nitrogen and oxygen atoms in total. The van der Waals surface area contributed by atoms with Gasteiger partial charge in [-0.1, -0.05) is 55.5 Å². The number of piperidine rings is 1. The third kappa shape index (κ3) is 5.64. The van der Waals surface area contributed by atoms with E-state index in [0.717, 1.165) is 27.2 Å². The summed E-state index contributed by atoms with van der Waals surface area (Å²) < 4.78 is 31.1. The summed E-state index contributed by atoms with van der Waals surface area (Å²) in [6.07, 6.45) is 1.27. The van der Waals surface area contributed by atoms with E-state index in [2.05, 4.69) is 25.0 Å². The summed E-state index contributed by atoms with van der Waals surface area (Å²) in [7, 11) is -3.68. The first-order valence-electron chi connectivity index (χ1n) is 13.4. The first kappa shape index (κ1) is 27.5. The number of benzene rings is 2. The summed E-state index contributed by atoms with van der Waals surface area (Å²) in [5.74, 6) is -0.235. The van der Waals surface area contributed by atoms with Gasteiger partial charge in [0, 0.05) is 25.3 Å². The first-order chi connectivity index (χ1) is 18.6. The van der Waals surface area contributed by atoms with Crippen LogP contribution in [0.1, 0.15) is 49.6 Å². The zero-order valence-corrected chi connectivity index (χ0v) is 24.5. The molecule has 206 valence electrons. The van der Waals surface area contributed by atoms with Crippen molar-refractivity contribution in [1.82, 2.24) is 19.1 Å². The molecule has 4 aromatic rings. The van der Waals surface area contributed by atoms with Crippen LogP contribution in [0.3, 0.4) is 0 Å². The lowest BCUT2D eigenvalue weighted by molar-refractivity contribution is -0.123. The van der Waals surface area contributed by atoms with E-state index in [1.165, 1.54) is 15.6 Å². The Morgan fingerprint density at radius 2 is 1.90 bits per heavy atom. The molecule has 1 aliphatic rings. The van der Waals surface area contributed by atoms with Crippen LogP contribution in [0.25, 0.3) is 10.2 Å². The molecule has 1 fully saturated rings. The van der Waals surface area contributed by atoms with Crippen LogP contribution in [0.5, 0.6) is 0 Å². The van der Waals surface area contributed by atoms with Gasteiger partial charge in [0.25, 0.3) is 0 Å². The van der Waals surface area contributed by atoms with E-state index in [1.54, 1.807) is 35.2 Å². The number of fused-ring (bicyclic) bond motifs is 1. The monoisotopic (exact) mass is 565 g/mol. The van der Waals surface area contributed by atoms with Crippen LogP contribution in [-0.2, 0) is 21.4 Å². The molecule has 0 saturated carbocycles. The summed E-state index contributed by atoms with van der Waals surface area (Å²) in [6, 6.07) is 16.6. The van der Waals surface area contributed by atoms with Crippen LogP contribution in [0.15, 0.2) is 59.5 Å². The number of para-hydroxylation sites is 1. The molecule has 5 rings (SSSR count). The summed E-state index contributed by atoms with van der Waals surface area (Å²) >= 11 is 1.51. The molecule has 0 N–H and O–H groups in total. The van der Waals surface area contributed by atoms with E-state index < -0.39 is 15.9 Å². The second kappa shape index (κ2) is 11.2. The summed E-state index contributed by atoms with van der Waals surface area (Å²) in [5.41, 5.74) is 4.04. The minimum Gasteiger partial charge on any atom is -0.286 e. The number of anilines is 1. The second-order valence-corrected chi connectivity index (χ2v) is 13.4. The van der Waals surface area contributed by atoms with Gasteiger partial charge in [-0.2, -0.15) is 9.40 Å². The van der Waals surface area contributed by atoms with Gasteiger partial charge in [-0.3, -0.25) is 14.4 Å². The number of hydrogen-bond acceptors (Lipinski definition) is 6. The zero-order valence-electron chi connectivity index (χ0n) is 22.9. The number of carbonyl (C=O) groups excluding carboxylic acids is 1. The third-order valence-corrected chi connectivity index (χ3v) is 10.2. The fourth-order valence-electron chi connectivity index (χ4n) is 5.26. The lowest BCUT2D eigenvalue weighted by atomic mass is 9.98. The van der Waals surface area contributed by atoms with E-state index in [4.69, 9.17) is 4.98 Å². The Kier molecular flexibility index (Phi) is 7.89. The Balaban J connectivity index is 1.46. The number of aryl methyl sites for hydroxylation is 2. The lowest BCUT2D eigenvalue weighted by Gasteiger charge is -2.33. The lowest BCUT2D eigenvalue weighted by Crippen LogP contribution is -2.47. The highest BCUT2D eigenvalue weighted by Crippen LogP contribution is 2.35. The number of carbonyl (C=O) groups is 1. The minimum absolute atomic E-state index is 0.0883. The quantitative estimate of drug-likeness (QED) is 0.287. The molecule has 10 heteroatoms. The fraction of sp³-hybridized carbons (Fsp3) is 0.414. The number of amides is 1. The van der Waals surface area contributed by atoms with Gasteiger partial charge < -0.3 is 0 Å². The average molecular weight is 566 g/mol. The van der Waals surface area contributed by atoms with Crippen LogP contribution in [0.4, 0.5) is 5.13 Å². The number of aromatic nitrogens is 3. The van der Waals surface area contributed by atoms with Crippen LogP contribution in [0, 0.1) is 19.8 Å².